The maximum absolute atomic E-state index is 7.66. The van der Waals surface area contributed by atoms with Gasteiger partial charge in [0.05, 0.1) is 12.2 Å². The molecule has 2 rings (SSSR count). The van der Waals surface area contributed by atoms with Crippen molar-refractivity contribution < 1.29 is 4.74 Å². The number of rotatable bonds is 6. The molecule has 0 aromatic carbocycles. The highest BCUT2D eigenvalue weighted by Gasteiger charge is 2.31. The number of aryl methyl sites for hydroxylation is 1. The van der Waals surface area contributed by atoms with Crippen LogP contribution >= 0.6 is 0 Å². The first kappa shape index (κ1) is 12.8. The van der Waals surface area contributed by atoms with E-state index < -0.39 is 0 Å². The summed E-state index contributed by atoms with van der Waals surface area (Å²) in [6.07, 6.45) is 2.35. The molecular formula is C13H20N4O. The summed E-state index contributed by atoms with van der Waals surface area (Å²) in [6, 6.07) is 4.29. The van der Waals surface area contributed by atoms with Gasteiger partial charge in [0.1, 0.15) is 11.7 Å². The SMILES string of the molecule is COCCN(c1nc(C)ccc1C(=N)N)C1CC1. The molecule has 0 unspecified atom stereocenters. The van der Waals surface area contributed by atoms with E-state index in [0.29, 0.717) is 18.2 Å². The van der Waals surface area contributed by atoms with Crippen LogP contribution in [0.15, 0.2) is 12.1 Å². The lowest BCUT2D eigenvalue weighted by Crippen LogP contribution is -2.32. The van der Waals surface area contributed by atoms with E-state index in [4.69, 9.17) is 15.9 Å². The molecule has 3 N–H and O–H groups in total. The van der Waals surface area contributed by atoms with E-state index >= 15 is 0 Å². The van der Waals surface area contributed by atoms with Crippen LogP contribution < -0.4 is 10.6 Å². The van der Waals surface area contributed by atoms with E-state index in [-0.39, 0.29) is 5.84 Å². The van der Waals surface area contributed by atoms with E-state index in [0.717, 1.165) is 18.1 Å². The van der Waals surface area contributed by atoms with Crippen LogP contribution in [0.2, 0.25) is 0 Å². The van der Waals surface area contributed by atoms with Gasteiger partial charge in [-0.2, -0.15) is 0 Å². The smallest absolute Gasteiger partial charge is 0.140 e. The molecule has 0 saturated heterocycles. The third-order valence-electron chi connectivity index (χ3n) is 3.10. The number of nitrogens with one attached hydrogen (secondary N) is 1. The van der Waals surface area contributed by atoms with Crippen LogP contribution in [-0.2, 0) is 4.74 Å². The average Bonchev–Trinajstić information content (AvgIpc) is 3.13. The van der Waals surface area contributed by atoms with Gasteiger partial charge in [0.15, 0.2) is 0 Å². The minimum atomic E-state index is 0.0700. The van der Waals surface area contributed by atoms with Crippen molar-refractivity contribution in [3.8, 4) is 0 Å². The van der Waals surface area contributed by atoms with Gasteiger partial charge in [-0.05, 0) is 31.9 Å². The summed E-state index contributed by atoms with van der Waals surface area (Å²) in [6.45, 7) is 3.40. The number of nitrogens with two attached hydrogens (primary N) is 1. The number of nitrogens with zero attached hydrogens (tertiary/aromatic N) is 2. The molecule has 5 nitrogen and oxygen atoms in total. The monoisotopic (exact) mass is 248 g/mol. The second-order valence-corrected chi connectivity index (χ2v) is 4.65. The van der Waals surface area contributed by atoms with Crippen LogP contribution in [0.1, 0.15) is 24.1 Å². The summed E-state index contributed by atoms with van der Waals surface area (Å²) in [5.74, 6) is 0.891. The summed E-state index contributed by atoms with van der Waals surface area (Å²) >= 11 is 0. The van der Waals surface area contributed by atoms with E-state index in [9.17, 15) is 0 Å². The van der Waals surface area contributed by atoms with E-state index in [1.54, 1.807) is 7.11 Å². The highest BCUT2D eigenvalue weighted by Crippen LogP contribution is 2.32. The highest BCUT2D eigenvalue weighted by molar-refractivity contribution is 5.99. The first-order chi connectivity index (χ1) is 8.63. The molecule has 0 amide bonds. The maximum atomic E-state index is 7.66. The van der Waals surface area contributed by atoms with Gasteiger partial charge in [-0.25, -0.2) is 4.98 Å². The predicted octanol–water partition coefficient (Wildman–Crippen LogP) is 1.29. The van der Waals surface area contributed by atoms with Crippen molar-refractivity contribution in [2.75, 3.05) is 25.2 Å². The minimum Gasteiger partial charge on any atom is -0.384 e. The molecule has 0 spiro atoms. The van der Waals surface area contributed by atoms with E-state index in [2.05, 4.69) is 9.88 Å². The fourth-order valence-corrected chi connectivity index (χ4v) is 2.01. The maximum Gasteiger partial charge on any atom is 0.140 e. The van der Waals surface area contributed by atoms with Crippen molar-refractivity contribution in [2.24, 2.45) is 5.73 Å². The number of pyridine rings is 1. The Labute approximate surface area is 107 Å². The fraction of sp³-hybridized carbons (Fsp3) is 0.538. The zero-order valence-electron chi connectivity index (χ0n) is 10.9. The second kappa shape index (κ2) is 5.35. The average molecular weight is 248 g/mol. The summed E-state index contributed by atoms with van der Waals surface area (Å²) in [4.78, 5) is 6.77. The van der Waals surface area contributed by atoms with Crippen LogP contribution in [0.3, 0.4) is 0 Å². The lowest BCUT2D eigenvalue weighted by atomic mass is 10.2. The molecule has 0 bridgehead atoms. The Bertz CT molecular complexity index is 443. The standard InChI is InChI=1S/C13H20N4O/c1-9-3-6-11(12(14)15)13(16-9)17(7-8-18-2)10-4-5-10/h3,6,10H,4-5,7-8H2,1-2H3,(H3,14,15). The lowest BCUT2D eigenvalue weighted by molar-refractivity contribution is 0.204. The summed E-state index contributed by atoms with van der Waals surface area (Å²) in [5.41, 5.74) is 7.29. The van der Waals surface area contributed by atoms with E-state index in [1.165, 1.54) is 12.8 Å². The largest absolute Gasteiger partial charge is 0.384 e. The number of methoxy groups -OCH3 is 1. The van der Waals surface area contributed by atoms with Gasteiger partial charge < -0.3 is 15.4 Å². The van der Waals surface area contributed by atoms with E-state index in [1.807, 2.05) is 19.1 Å². The molecular weight excluding hydrogens is 228 g/mol. The third-order valence-corrected chi connectivity index (χ3v) is 3.10. The molecule has 1 saturated carbocycles. The number of anilines is 1. The molecule has 18 heavy (non-hydrogen) atoms. The van der Waals surface area contributed by atoms with Crippen molar-refractivity contribution in [1.29, 1.82) is 5.41 Å². The molecule has 1 aromatic heterocycles. The fourth-order valence-electron chi connectivity index (χ4n) is 2.01. The van der Waals surface area contributed by atoms with Gasteiger partial charge in [0, 0.05) is 25.4 Å². The number of ether oxygens (including phenoxy) is 1. The Balaban J connectivity index is 2.32. The van der Waals surface area contributed by atoms with Crippen molar-refractivity contribution in [1.82, 2.24) is 4.98 Å². The molecule has 0 atom stereocenters. The summed E-state index contributed by atoms with van der Waals surface area (Å²) in [7, 11) is 1.70. The number of amidine groups is 1. The lowest BCUT2D eigenvalue weighted by Gasteiger charge is -2.25. The molecule has 1 aliphatic carbocycles. The Morgan fingerprint density at radius 1 is 1.56 bits per heavy atom. The van der Waals surface area contributed by atoms with Crippen LogP contribution in [0.5, 0.6) is 0 Å². The van der Waals surface area contributed by atoms with Crippen molar-refractivity contribution >= 4 is 11.7 Å². The number of hydrogen-bond acceptors (Lipinski definition) is 4. The zero-order valence-corrected chi connectivity index (χ0v) is 10.9. The number of hydrogen-bond donors (Lipinski definition) is 2. The molecule has 5 heteroatoms. The molecule has 98 valence electrons. The Kier molecular flexibility index (Phi) is 3.81. The van der Waals surface area contributed by atoms with Gasteiger partial charge in [-0.1, -0.05) is 0 Å². The molecule has 1 heterocycles. The van der Waals surface area contributed by atoms with Crippen LogP contribution in [0.4, 0.5) is 5.82 Å². The second-order valence-electron chi connectivity index (χ2n) is 4.65. The molecule has 1 fully saturated rings. The van der Waals surface area contributed by atoms with Gasteiger partial charge in [-0.3, -0.25) is 5.41 Å². The van der Waals surface area contributed by atoms with Gasteiger partial charge in [0.2, 0.25) is 0 Å². The molecule has 1 aromatic rings. The first-order valence-corrected chi connectivity index (χ1v) is 6.21. The Morgan fingerprint density at radius 3 is 2.83 bits per heavy atom. The van der Waals surface area contributed by atoms with Crippen LogP contribution in [-0.4, -0.2) is 37.1 Å². The van der Waals surface area contributed by atoms with Crippen molar-refractivity contribution in [3.05, 3.63) is 23.4 Å². The van der Waals surface area contributed by atoms with Gasteiger partial charge in [-0.15, -0.1) is 0 Å². The predicted molar refractivity (Wildman–Crippen MR) is 72.2 cm³/mol. The van der Waals surface area contributed by atoms with Crippen LogP contribution in [0.25, 0.3) is 0 Å². The quantitative estimate of drug-likeness (QED) is 0.587. The Hall–Kier alpha value is -1.62. The van der Waals surface area contributed by atoms with Crippen molar-refractivity contribution in [2.45, 2.75) is 25.8 Å². The number of nitrogen functional groups attached to an aromatic ring is 1. The normalized spacial score (nSPS) is 14.6. The third kappa shape index (κ3) is 2.79. The molecule has 1 aliphatic rings. The van der Waals surface area contributed by atoms with Gasteiger partial charge in [0.25, 0.3) is 0 Å². The highest BCUT2D eigenvalue weighted by atomic mass is 16.5. The topological polar surface area (TPSA) is 75.2 Å². The summed E-state index contributed by atoms with van der Waals surface area (Å²) < 4.78 is 5.15. The van der Waals surface area contributed by atoms with Gasteiger partial charge >= 0.3 is 0 Å². The molecule has 0 aliphatic heterocycles. The van der Waals surface area contributed by atoms with Crippen molar-refractivity contribution in [3.63, 3.8) is 0 Å². The summed E-state index contributed by atoms with van der Waals surface area (Å²) in [5, 5.41) is 7.66. The molecule has 0 radical (unpaired) electrons. The Morgan fingerprint density at radius 2 is 2.28 bits per heavy atom. The minimum absolute atomic E-state index is 0.0700. The first-order valence-electron chi connectivity index (χ1n) is 6.21. The number of aromatic nitrogens is 1. The zero-order chi connectivity index (χ0) is 13.1. The van der Waals surface area contributed by atoms with Crippen LogP contribution in [0, 0.1) is 12.3 Å².